The maximum atomic E-state index is 13.1. The molecule has 0 fully saturated rings. The van der Waals surface area contributed by atoms with E-state index in [0.29, 0.717) is 18.8 Å². The molecule has 0 radical (unpaired) electrons. The fourth-order valence-electron chi connectivity index (χ4n) is 1.83. The second-order valence-corrected chi connectivity index (χ2v) is 5.25. The SMILES string of the molecule is CN(CC(C)(C)CN)c1ccc(F)cc1C(N)=O. The Morgan fingerprint density at radius 2 is 2.06 bits per heavy atom. The van der Waals surface area contributed by atoms with Gasteiger partial charge in [-0.25, -0.2) is 4.39 Å². The van der Waals surface area contributed by atoms with Crippen molar-refractivity contribution >= 4 is 11.6 Å². The minimum absolute atomic E-state index is 0.0992. The van der Waals surface area contributed by atoms with Gasteiger partial charge in [-0.1, -0.05) is 13.8 Å². The zero-order valence-electron chi connectivity index (χ0n) is 11.0. The molecular weight excluding hydrogens is 233 g/mol. The highest BCUT2D eigenvalue weighted by Gasteiger charge is 2.21. The standard InChI is InChI=1S/C13H20FN3O/c1-13(2,7-15)8-17(3)11-5-4-9(14)6-10(11)12(16)18/h4-6H,7-8,15H2,1-3H3,(H2,16,18). The third-order valence-electron chi connectivity index (χ3n) is 2.85. The van der Waals surface area contributed by atoms with E-state index in [2.05, 4.69) is 0 Å². The van der Waals surface area contributed by atoms with Crippen molar-refractivity contribution in [1.29, 1.82) is 0 Å². The zero-order chi connectivity index (χ0) is 13.9. The Labute approximate surface area is 107 Å². The predicted molar refractivity (Wildman–Crippen MR) is 71.0 cm³/mol. The molecule has 0 aromatic heterocycles. The van der Waals surface area contributed by atoms with Crippen molar-refractivity contribution in [2.45, 2.75) is 13.8 Å². The van der Waals surface area contributed by atoms with Gasteiger partial charge in [-0.15, -0.1) is 0 Å². The molecule has 0 saturated heterocycles. The van der Waals surface area contributed by atoms with E-state index < -0.39 is 11.7 Å². The van der Waals surface area contributed by atoms with Crippen LogP contribution in [0.5, 0.6) is 0 Å². The lowest BCUT2D eigenvalue weighted by atomic mass is 9.93. The van der Waals surface area contributed by atoms with Crippen molar-refractivity contribution in [3.8, 4) is 0 Å². The van der Waals surface area contributed by atoms with Gasteiger partial charge in [0.2, 0.25) is 0 Å². The molecular formula is C13H20FN3O. The monoisotopic (exact) mass is 253 g/mol. The average molecular weight is 253 g/mol. The van der Waals surface area contributed by atoms with Gasteiger partial charge in [-0.3, -0.25) is 4.79 Å². The normalized spacial score (nSPS) is 11.4. The molecule has 4 nitrogen and oxygen atoms in total. The van der Waals surface area contributed by atoms with E-state index >= 15 is 0 Å². The maximum absolute atomic E-state index is 13.1. The Morgan fingerprint density at radius 3 is 2.56 bits per heavy atom. The third kappa shape index (κ3) is 3.43. The summed E-state index contributed by atoms with van der Waals surface area (Å²) < 4.78 is 13.1. The molecule has 5 heteroatoms. The summed E-state index contributed by atoms with van der Waals surface area (Å²) in [5.41, 5.74) is 11.6. The molecule has 0 aliphatic rings. The van der Waals surface area contributed by atoms with Crippen LogP contribution in [-0.2, 0) is 0 Å². The van der Waals surface area contributed by atoms with E-state index in [1.165, 1.54) is 6.07 Å². The first kappa shape index (κ1) is 14.4. The molecule has 0 heterocycles. The van der Waals surface area contributed by atoms with Crippen LogP contribution in [0, 0.1) is 11.2 Å². The second kappa shape index (κ2) is 5.35. The minimum atomic E-state index is -0.637. The molecule has 18 heavy (non-hydrogen) atoms. The van der Waals surface area contributed by atoms with Gasteiger partial charge >= 0.3 is 0 Å². The summed E-state index contributed by atoms with van der Waals surface area (Å²) in [7, 11) is 1.83. The highest BCUT2D eigenvalue weighted by Crippen LogP contribution is 2.24. The number of hydrogen-bond acceptors (Lipinski definition) is 3. The summed E-state index contributed by atoms with van der Waals surface area (Å²) >= 11 is 0. The Morgan fingerprint density at radius 1 is 1.44 bits per heavy atom. The van der Waals surface area contributed by atoms with Crippen LogP contribution >= 0.6 is 0 Å². The zero-order valence-corrected chi connectivity index (χ0v) is 11.0. The molecule has 0 bridgehead atoms. The molecule has 1 rings (SSSR count). The van der Waals surface area contributed by atoms with Crippen LogP contribution in [-0.4, -0.2) is 26.0 Å². The average Bonchev–Trinajstić information content (AvgIpc) is 2.28. The number of benzene rings is 1. The van der Waals surface area contributed by atoms with Gasteiger partial charge in [0.05, 0.1) is 5.56 Å². The molecule has 1 aromatic carbocycles. The maximum Gasteiger partial charge on any atom is 0.250 e. The highest BCUT2D eigenvalue weighted by molar-refractivity contribution is 5.98. The van der Waals surface area contributed by atoms with Crippen LogP contribution in [0.3, 0.4) is 0 Å². The van der Waals surface area contributed by atoms with Gasteiger partial charge in [0, 0.05) is 19.3 Å². The van der Waals surface area contributed by atoms with E-state index in [1.807, 2.05) is 25.8 Å². The van der Waals surface area contributed by atoms with Crippen molar-refractivity contribution in [2.24, 2.45) is 16.9 Å². The molecule has 0 saturated carbocycles. The number of anilines is 1. The lowest BCUT2D eigenvalue weighted by molar-refractivity contribution is 0.1000. The predicted octanol–water partition coefficient (Wildman–Crippen LogP) is 1.35. The number of nitrogens with zero attached hydrogens (tertiary/aromatic N) is 1. The quantitative estimate of drug-likeness (QED) is 0.832. The summed E-state index contributed by atoms with van der Waals surface area (Å²) in [6, 6.07) is 4.03. The Hall–Kier alpha value is -1.62. The van der Waals surface area contributed by atoms with Gasteiger partial charge in [-0.2, -0.15) is 0 Å². The molecule has 100 valence electrons. The van der Waals surface area contributed by atoms with Crippen LogP contribution in [0.4, 0.5) is 10.1 Å². The van der Waals surface area contributed by atoms with Crippen molar-refractivity contribution < 1.29 is 9.18 Å². The lowest BCUT2D eigenvalue weighted by Crippen LogP contribution is -2.37. The molecule has 0 spiro atoms. The first-order chi connectivity index (χ1) is 8.26. The number of carbonyl (C=O) groups excluding carboxylic acids is 1. The van der Waals surface area contributed by atoms with Gasteiger partial charge < -0.3 is 16.4 Å². The lowest BCUT2D eigenvalue weighted by Gasteiger charge is -2.31. The largest absolute Gasteiger partial charge is 0.373 e. The second-order valence-electron chi connectivity index (χ2n) is 5.25. The van der Waals surface area contributed by atoms with Crippen LogP contribution in [0.25, 0.3) is 0 Å². The fourth-order valence-corrected chi connectivity index (χ4v) is 1.83. The molecule has 1 amide bonds. The molecule has 1 aromatic rings. The number of carbonyl (C=O) groups is 1. The third-order valence-corrected chi connectivity index (χ3v) is 2.85. The van der Waals surface area contributed by atoms with Crippen molar-refractivity contribution in [3.63, 3.8) is 0 Å². The van der Waals surface area contributed by atoms with Crippen LogP contribution in [0.2, 0.25) is 0 Å². The van der Waals surface area contributed by atoms with Crippen LogP contribution in [0.1, 0.15) is 24.2 Å². The molecule has 0 aliphatic carbocycles. The minimum Gasteiger partial charge on any atom is -0.373 e. The highest BCUT2D eigenvalue weighted by atomic mass is 19.1. The van der Waals surface area contributed by atoms with Crippen molar-refractivity contribution in [2.75, 3.05) is 25.0 Å². The molecule has 4 N–H and O–H groups in total. The number of halogens is 1. The molecule has 0 unspecified atom stereocenters. The number of amides is 1. The van der Waals surface area contributed by atoms with Crippen molar-refractivity contribution in [3.05, 3.63) is 29.6 Å². The van der Waals surface area contributed by atoms with Gasteiger partial charge in [0.25, 0.3) is 5.91 Å². The van der Waals surface area contributed by atoms with E-state index in [9.17, 15) is 9.18 Å². The summed E-state index contributed by atoms with van der Waals surface area (Å²) in [5, 5.41) is 0. The first-order valence-corrected chi connectivity index (χ1v) is 5.77. The molecule has 0 aliphatic heterocycles. The van der Waals surface area contributed by atoms with E-state index in [0.717, 1.165) is 6.07 Å². The van der Waals surface area contributed by atoms with Gasteiger partial charge in [-0.05, 0) is 30.2 Å². The number of nitrogens with two attached hydrogens (primary N) is 2. The first-order valence-electron chi connectivity index (χ1n) is 5.77. The molecule has 0 atom stereocenters. The summed E-state index contributed by atoms with van der Waals surface area (Å²) in [5.74, 6) is -1.11. The van der Waals surface area contributed by atoms with Gasteiger partial charge in [0.15, 0.2) is 0 Å². The Balaban J connectivity index is 3.05. The van der Waals surface area contributed by atoms with Crippen LogP contribution < -0.4 is 16.4 Å². The number of primary amides is 1. The Bertz CT molecular complexity index is 446. The summed E-state index contributed by atoms with van der Waals surface area (Å²) in [6.45, 7) is 5.22. The number of rotatable bonds is 5. The Kier molecular flexibility index (Phi) is 4.29. The van der Waals surface area contributed by atoms with E-state index in [4.69, 9.17) is 11.5 Å². The van der Waals surface area contributed by atoms with Gasteiger partial charge in [0.1, 0.15) is 5.82 Å². The van der Waals surface area contributed by atoms with E-state index in [1.54, 1.807) is 6.07 Å². The number of hydrogen-bond donors (Lipinski definition) is 2. The topological polar surface area (TPSA) is 72.3 Å². The summed E-state index contributed by atoms with van der Waals surface area (Å²) in [4.78, 5) is 13.2. The summed E-state index contributed by atoms with van der Waals surface area (Å²) in [6.07, 6.45) is 0. The van der Waals surface area contributed by atoms with Crippen molar-refractivity contribution in [1.82, 2.24) is 0 Å². The fraction of sp³-hybridized carbons (Fsp3) is 0.462. The smallest absolute Gasteiger partial charge is 0.250 e. The van der Waals surface area contributed by atoms with E-state index in [-0.39, 0.29) is 11.0 Å². The van der Waals surface area contributed by atoms with Crippen LogP contribution in [0.15, 0.2) is 18.2 Å².